The Morgan fingerprint density at radius 3 is 2.48 bits per heavy atom. The first-order chi connectivity index (χ1) is 10.1. The highest BCUT2D eigenvalue weighted by Crippen LogP contribution is 2.31. The molecule has 0 amide bonds. The molecule has 0 aromatic heterocycles. The third-order valence-electron chi connectivity index (χ3n) is 5.31. The molecule has 0 bridgehead atoms. The SMILES string of the molecule is Cc1ccc(N(C)C2CCC(C)CC2)c(CNC2CC2)c1. The standard InChI is InChI=1S/C19H30N2/c1-14-4-9-18(10-5-14)21(3)19-11-6-15(2)12-16(19)13-20-17-7-8-17/h6,11-12,14,17-18,20H,4-5,7-10,13H2,1-3H3. The van der Waals surface area contributed by atoms with Crippen molar-refractivity contribution in [2.45, 2.75) is 71.0 Å². The highest BCUT2D eigenvalue weighted by molar-refractivity contribution is 5.55. The van der Waals surface area contributed by atoms with Gasteiger partial charge in [-0.3, -0.25) is 0 Å². The van der Waals surface area contributed by atoms with E-state index in [2.05, 4.69) is 49.3 Å². The zero-order chi connectivity index (χ0) is 14.8. The Balaban J connectivity index is 1.72. The number of hydrogen-bond acceptors (Lipinski definition) is 2. The lowest BCUT2D eigenvalue weighted by atomic mass is 9.86. The Bertz CT molecular complexity index is 470. The zero-order valence-corrected chi connectivity index (χ0v) is 13.9. The van der Waals surface area contributed by atoms with Gasteiger partial charge in [-0.2, -0.15) is 0 Å². The minimum Gasteiger partial charge on any atom is -0.371 e. The summed E-state index contributed by atoms with van der Waals surface area (Å²) in [5, 5.41) is 3.68. The molecular weight excluding hydrogens is 256 g/mol. The molecule has 2 nitrogen and oxygen atoms in total. The van der Waals surface area contributed by atoms with Crippen LogP contribution in [-0.4, -0.2) is 19.1 Å². The van der Waals surface area contributed by atoms with Gasteiger partial charge < -0.3 is 10.2 Å². The summed E-state index contributed by atoms with van der Waals surface area (Å²) < 4.78 is 0. The summed E-state index contributed by atoms with van der Waals surface area (Å²) in [5.41, 5.74) is 4.29. The lowest BCUT2D eigenvalue weighted by Crippen LogP contribution is -2.35. The van der Waals surface area contributed by atoms with Crippen molar-refractivity contribution in [1.82, 2.24) is 5.32 Å². The third kappa shape index (κ3) is 3.79. The zero-order valence-electron chi connectivity index (χ0n) is 13.9. The molecule has 2 saturated carbocycles. The van der Waals surface area contributed by atoms with Crippen LogP contribution in [0.3, 0.4) is 0 Å². The summed E-state index contributed by atoms with van der Waals surface area (Å²) in [6.45, 7) is 5.62. The van der Waals surface area contributed by atoms with Crippen LogP contribution in [0.5, 0.6) is 0 Å². The van der Waals surface area contributed by atoms with Crippen molar-refractivity contribution in [2.75, 3.05) is 11.9 Å². The molecule has 116 valence electrons. The van der Waals surface area contributed by atoms with Gasteiger partial charge in [0.25, 0.3) is 0 Å². The minimum atomic E-state index is 0.726. The van der Waals surface area contributed by atoms with Gasteiger partial charge in [-0.25, -0.2) is 0 Å². The first-order valence-electron chi connectivity index (χ1n) is 8.69. The van der Waals surface area contributed by atoms with Gasteiger partial charge in [0.2, 0.25) is 0 Å². The van der Waals surface area contributed by atoms with E-state index in [0.29, 0.717) is 0 Å². The van der Waals surface area contributed by atoms with Crippen LogP contribution in [0.4, 0.5) is 5.69 Å². The average molecular weight is 286 g/mol. The average Bonchev–Trinajstić information content (AvgIpc) is 3.29. The number of nitrogens with zero attached hydrogens (tertiary/aromatic N) is 1. The van der Waals surface area contributed by atoms with Crippen LogP contribution in [0.2, 0.25) is 0 Å². The van der Waals surface area contributed by atoms with Crippen LogP contribution >= 0.6 is 0 Å². The maximum atomic E-state index is 3.68. The predicted octanol–water partition coefficient (Wildman–Crippen LogP) is 4.26. The van der Waals surface area contributed by atoms with E-state index in [9.17, 15) is 0 Å². The lowest BCUT2D eigenvalue weighted by molar-refractivity contribution is 0.340. The molecule has 0 atom stereocenters. The monoisotopic (exact) mass is 286 g/mol. The normalized spacial score (nSPS) is 25.9. The van der Waals surface area contributed by atoms with E-state index in [1.54, 1.807) is 0 Å². The summed E-state index contributed by atoms with van der Waals surface area (Å²) >= 11 is 0. The van der Waals surface area contributed by atoms with E-state index in [4.69, 9.17) is 0 Å². The number of aryl methyl sites for hydroxylation is 1. The molecule has 1 aromatic carbocycles. The van der Waals surface area contributed by atoms with Crippen LogP contribution < -0.4 is 10.2 Å². The van der Waals surface area contributed by atoms with Gasteiger partial charge in [0.15, 0.2) is 0 Å². The van der Waals surface area contributed by atoms with Gasteiger partial charge in [0.05, 0.1) is 0 Å². The Labute approximate surface area is 129 Å². The predicted molar refractivity (Wildman–Crippen MR) is 90.9 cm³/mol. The molecule has 0 aliphatic heterocycles. The highest BCUT2D eigenvalue weighted by atomic mass is 15.1. The van der Waals surface area contributed by atoms with E-state index in [0.717, 1.165) is 24.5 Å². The van der Waals surface area contributed by atoms with Crippen LogP contribution in [-0.2, 0) is 6.54 Å². The molecule has 0 heterocycles. The van der Waals surface area contributed by atoms with Crippen molar-refractivity contribution in [3.8, 4) is 0 Å². The van der Waals surface area contributed by atoms with Crippen LogP contribution in [0.15, 0.2) is 18.2 Å². The van der Waals surface area contributed by atoms with E-state index < -0.39 is 0 Å². The summed E-state index contributed by atoms with van der Waals surface area (Å²) in [7, 11) is 2.30. The fraction of sp³-hybridized carbons (Fsp3) is 0.684. The van der Waals surface area contributed by atoms with Gasteiger partial charge in [0, 0.05) is 31.4 Å². The van der Waals surface area contributed by atoms with Crippen molar-refractivity contribution >= 4 is 5.69 Å². The molecule has 2 aliphatic rings. The van der Waals surface area contributed by atoms with E-state index >= 15 is 0 Å². The first-order valence-corrected chi connectivity index (χ1v) is 8.69. The first kappa shape index (κ1) is 14.9. The molecule has 3 rings (SSSR count). The third-order valence-corrected chi connectivity index (χ3v) is 5.31. The van der Waals surface area contributed by atoms with E-state index in [1.165, 1.54) is 55.3 Å². The Kier molecular flexibility index (Phi) is 4.54. The number of benzene rings is 1. The van der Waals surface area contributed by atoms with Crippen molar-refractivity contribution in [2.24, 2.45) is 5.92 Å². The number of rotatable bonds is 5. The van der Waals surface area contributed by atoms with Gasteiger partial charge in [-0.1, -0.05) is 24.6 Å². The summed E-state index contributed by atoms with van der Waals surface area (Å²) in [4.78, 5) is 2.55. The molecule has 21 heavy (non-hydrogen) atoms. The quantitative estimate of drug-likeness (QED) is 0.870. The van der Waals surface area contributed by atoms with E-state index in [1.807, 2.05) is 0 Å². The molecule has 1 N–H and O–H groups in total. The lowest BCUT2D eigenvalue weighted by Gasteiger charge is -2.36. The van der Waals surface area contributed by atoms with Crippen molar-refractivity contribution < 1.29 is 0 Å². The van der Waals surface area contributed by atoms with Crippen LogP contribution in [0, 0.1) is 12.8 Å². The Hall–Kier alpha value is -1.02. The maximum absolute atomic E-state index is 3.68. The second-order valence-electron chi connectivity index (χ2n) is 7.31. The van der Waals surface area contributed by atoms with E-state index in [-0.39, 0.29) is 0 Å². The topological polar surface area (TPSA) is 15.3 Å². The van der Waals surface area contributed by atoms with Gasteiger partial charge in [-0.15, -0.1) is 0 Å². The maximum Gasteiger partial charge on any atom is 0.0411 e. The Morgan fingerprint density at radius 1 is 1.10 bits per heavy atom. The van der Waals surface area contributed by atoms with Gasteiger partial charge in [-0.05, 0) is 63.0 Å². The molecule has 1 aromatic rings. The van der Waals surface area contributed by atoms with Crippen molar-refractivity contribution in [3.63, 3.8) is 0 Å². The number of anilines is 1. The fourth-order valence-corrected chi connectivity index (χ4v) is 3.57. The van der Waals surface area contributed by atoms with Crippen molar-refractivity contribution in [1.29, 1.82) is 0 Å². The second kappa shape index (κ2) is 6.39. The Morgan fingerprint density at radius 2 is 1.81 bits per heavy atom. The summed E-state index contributed by atoms with van der Waals surface area (Å²) in [6.07, 6.45) is 8.18. The van der Waals surface area contributed by atoms with Crippen LogP contribution in [0.25, 0.3) is 0 Å². The van der Waals surface area contributed by atoms with Crippen LogP contribution in [0.1, 0.15) is 56.6 Å². The molecule has 0 radical (unpaired) electrons. The fourth-order valence-electron chi connectivity index (χ4n) is 3.57. The smallest absolute Gasteiger partial charge is 0.0411 e. The number of nitrogens with one attached hydrogen (secondary N) is 1. The second-order valence-corrected chi connectivity index (χ2v) is 7.31. The molecule has 0 spiro atoms. The van der Waals surface area contributed by atoms with Crippen molar-refractivity contribution in [3.05, 3.63) is 29.3 Å². The number of hydrogen-bond donors (Lipinski definition) is 1. The molecular formula is C19H30N2. The molecule has 0 unspecified atom stereocenters. The molecule has 2 aliphatic carbocycles. The largest absolute Gasteiger partial charge is 0.371 e. The summed E-state index contributed by atoms with van der Waals surface area (Å²) in [5.74, 6) is 0.920. The van der Waals surface area contributed by atoms with Gasteiger partial charge in [0.1, 0.15) is 0 Å². The minimum absolute atomic E-state index is 0.726. The molecule has 2 fully saturated rings. The van der Waals surface area contributed by atoms with Gasteiger partial charge >= 0.3 is 0 Å². The molecule has 2 heteroatoms. The highest BCUT2D eigenvalue weighted by Gasteiger charge is 2.24. The summed E-state index contributed by atoms with van der Waals surface area (Å²) in [6, 6.07) is 8.46. The molecule has 0 saturated heterocycles.